The lowest BCUT2D eigenvalue weighted by Crippen LogP contribution is -2.05. The molecule has 0 atom stereocenters. The molecule has 0 spiro atoms. The van der Waals surface area contributed by atoms with Crippen molar-refractivity contribution in [3.8, 4) is 67.9 Å². The van der Waals surface area contributed by atoms with Gasteiger partial charge in [0, 0.05) is 61.2 Å². The maximum absolute atomic E-state index is 14.4. The fraction of sp³-hybridized carbons (Fsp3) is 0.0345. The number of hydrogen-bond acceptors (Lipinski definition) is 4. The lowest BCUT2D eigenvalue weighted by atomic mass is 9.93. The van der Waals surface area contributed by atoms with Crippen LogP contribution in [0.15, 0.2) is 206 Å². The highest BCUT2D eigenvalue weighted by molar-refractivity contribution is 6.11. The van der Waals surface area contributed by atoms with Gasteiger partial charge in [0.1, 0.15) is 0 Å². The molecule has 4 aromatic heterocycles. The molecule has 70 heavy (non-hydrogen) atoms. The van der Waals surface area contributed by atoms with Crippen LogP contribution >= 0.6 is 0 Å². The molecule has 338 valence electrons. The van der Waals surface area contributed by atoms with Crippen molar-refractivity contribution in [1.82, 2.24) is 29.1 Å². The highest BCUT2D eigenvalue weighted by atomic mass is 19.4. The van der Waals surface area contributed by atoms with Crippen LogP contribution in [0.4, 0.5) is 26.3 Å². The van der Waals surface area contributed by atoms with Crippen molar-refractivity contribution in [3.63, 3.8) is 0 Å². The Morgan fingerprint density at radius 2 is 0.857 bits per heavy atom. The van der Waals surface area contributed by atoms with Crippen LogP contribution in [0.1, 0.15) is 11.1 Å². The fourth-order valence-electron chi connectivity index (χ4n) is 9.49. The Kier molecular flexibility index (Phi) is 9.95. The minimum Gasteiger partial charge on any atom is -0.309 e. The number of fused-ring (bicyclic) bond motifs is 6. The lowest BCUT2D eigenvalue weighted by molar-refractivity contribution is -0.138. The molecule has 0 unspecified atom stereocenters. The Bertz CT molecular complexity index is 3920. The third-order valence-electron chi connectivity index (χ3n) is 12.7. The summed E-state index contributed by atoms with van der Waals surface area (Å²) in [6.45, 7) is 0. The molecule has 0 N–H and O–H groups in total. The monoisotopic (exact) mass is 928 g/mol. The molecular formula is C58H34F6N6. The van der Waals surface area contributed by atoms with E-state index < -0.39 is 23.5 Å². The lowest BCUT2D eigenvalue weighted by Gasteiger charge is -2.20. The second kappa shape index (κ2) is 16.4. The highest BCUT2D eigenvalue weighted by Crippen LogP contribution is 2.45. The molecule has 0 bridgehead atoms. The number of pyridine rings is 1. The Morgan fingerprint density at radius 1 is 0.343 bits per heavy atom. The summed E-state index contributed by atoms with van der Waals surface area (Å²) in [7, 11) is 0. The van der Waals surface area contributed by atoms with Crippen LogP contribution in [0, 0.1) is 0 Å². The summed E-state index contributed by atoms with van der Waals surface area (Å²) in [6, 6.07) is 58.7. The minimum atomic E-state index is -4.58. The Morgan fingerprint density at radius 3 is 1.43 bits per heavy atom. The van der Waals surface area contributed by atoms with E-state index in [1.165, 1.54) is 24.3 Å². The van der Waals surface area contributed by atoms with Crippen LogP contribution in [-0.2, 0) is 12.4 Å². The zero-order valence-electron chi connectivity index (χ0n) is 36.6. The van der Waals surface area contributed by atoms with Crippen molar-refractivity contribution in [2.24, 2.45) is 0 Å². The Balaban J connectivity index is 1.21. The van der Waals surface area contributed by atoms with Gasteiger partial charge in [-0.15, -0.1) is 0 Å². The van der Waals surface area contributed by atoms with E-state index in [2.05, 4.69) is 0 Å². The first-order valence-corrected chi connectivity index (χ1v) is 22.3. The largest absolute Gasteiger partial charge is 0.416 e. The van der Waals surface area contributed by atoms with E-state index in [1.807, 2.05) is 161 Å². The normalized spacial score (nSPS) is 12.1. The molecule has 0 radical (unpaired) electrons. The van der Waals surface area contributed by atoms with E-state index >= 15 is 0 Å². The molecule has 12 heteroatoms. The zero-order chi connectivity index (χ0) is 47.7. The number of alkyl halides is 6. The summed E-state index contributed by atoms with van der Waals surface area (Å²) < 4.78 is 89.8. The summed E-state index contributed by atoms with van der Waals surface area (Å²) in [4.78, 5) is 20.0. The Hall–Kier alpha value is -8.90. The van der Waals surface area contributed by atoms with Crippen LogP contribution in [0.25, 0.3) is 112 Å². The van der Waals surface area contributed by atoms with E-state index in [4.69, 9.17) is 19.9 Å². The fourth-order valence-corrected chi connectivity index (χ4v) is 9.49. The van der Waals surface area contributed by atoms with Gasteiger partial charge in [0.2, 0.25) is 0 Å². The number of halogens is 6. The number of para-hydroxylation sites is 2. The predicted molar refractivity (Wildman–Crippen MR) is 263 cm³/mol. The SMILES string of the molecule is FC(F)(F)c1ccc2c(c1)c1ccccc1n2-c1ccc(-c2nc(-c3ccccc3)nc(-c3ccccc3)n2)c(-c2cc(-c3ccccn3)ccc2-n2c3ccccc3c3cc(C(F)(F)F)ccc32)c1. The van der Waals surface area contributed by atoms with Gasteiger partial charge in [-0.25, -0.2) is 15.0 Å². The first-order chi connectivity index (χ1) is 34.0. The molecule has 12 aromatic rings. The molecule has 0 fully saturated rings. The number of nitrogens with zero attached hydrogens (tertiary/aromatic N) is 6. The molecule has 0 amide bonds. The van der Waals surface area contributed by atoms with Gasteiger partial charge in [-0.1, -0.05) is 109 Å². The molecule has 4 heterocycles. The van der Waals surface area contributed by atoms with Crippen molar-refractivity contribution in [3.05, 3.63) is 218 Å². The van der Waals surface area contributed by atoms with Crippen molar-refractivity contribution in [1.29, 1.82) is 0 Å². The molecule has 0 saturated heterocycles. The summed E-state index contributed by atoms with van der Waals surface area (Å²) in [6.07, 6.45) is -7.44. The third kappa shape index (κ3) is 7.32. The van der Waals surface area contributed by atoms with Crippen LogP contribution in [0.3, 0.4) is 0 Å². The number of benzene rings is 8. The maximum atomic E-state index is 14.4. The van der Waals surface area contributed by atoms with Gasteiger partial charge in [0.05, 0.1) is 44.6 Å². The van der Waals surface area contributed by atoms with Gasteiger partial charge < -0.3 is 9.13 Å². The summed E-state index contributed by atoms with van der Waals surface area (Å²) in [5.41, 5.74) is 6.93. The van der Waals surface area contributed by atoms with E-state index in [9.17, 15) is 26.3 Å². The van der Waals surface area contributed by atoms with Crippen molar-refractivity contribution >= 4 is 43.6 Å². The van der Waals surface area contributed by atoms with Gasteiger partial charge >= 0.3 is 12.4 Å². The number of rotatable bonds is 7. The van der Waals surface area contributed by atoms with Crippen molar-refractivity contribution in [2.75, 3.05) is 0 Å². The predicted octanol–water partition coefficient (Wildman–Crippen LogP) is 15.8. The molecular weight excluding hydrogens is 895 g/mol. The molecule has 0 aliphatic carbocycles. The first-order valence-electron chi connectivity index (χ1n) is 22.3. The Labute approximate surface area is 395 Å². The average molecular weight is 929 g/mol. The summed E-state index contributed by atoms with van der Waals surface area (Å²) in [5.74, 6) is 1.18. The van der Waals surface area contributed by atoms with E-state index in [0.29, 0.717) is 94.8 Å². The molecule has 6 nitrogen and oxygen atoms in total. The van der Waals surface area contributed by atoms with Gasteiger partial charge in [-0.2, -0.15) is 26.3 Å². The molecule has 8 aromatic carbocycles. The van der Waals surface area contributed by atoms with Gasteiger partial charge in [0.15, 0.2) is 17.5 Å². The van der Waals surface area contributed by atoms with Crippen LogP contribution in [-0.4, -0.2) is 29.1 Å². The van der Waals surface area contributed by atoms with Crippen LogP contribution in [0.5, 0.6) is 0 Å². The topological polar surface area (TPSA) is 61.4 Å². The van der Waals surface area contributed by atoms with Crippen molar-refractivity contribution < 1.29 is 26.3 Å². The number of hydrogen-bond donors (Lipinski definition) is 0. The standard InChI is InChI=1S/C58H34F6N6/c59-57(60,61)38-23-28-51-46(32-38)41-17-7-9-20-49(41)69(51)40-25-26-43(56-67-54(35-13-3-1-4-14-35)66-55(68-56)36-15-5-2-6-16-36)44(34-40)45-31-37(48-19-11-12-30-65-48)22-27-52(45)70-50-21-10-8-18-42(50)47-33-39(58(62,63)64)24-29-53(47)70/h1-34H. The molecule has 0 saturated carbocycles. The summed E-state index contributed by atoms with van der Waals surface area (Å²) in [5, 5.41) is 2.10. The second-order valence-corrected chi connectivity index (χ2v) is 16.9. The average Bonchev–Trinajstić information content (AvgIpc) is 3.91. The van der Waals surface area contributed by atoms with Gasteiger partial charge in [-0.05, 0) is 96.6 Å². The van der Waals surface area contributed by atoms with Gasteiger partial charge in [0.25, 0.3) is 0 Å². The smallest absolute Gasteiger partial charge is 0.309 e. The zero-order valence-corrected chi connectivity index (χ0v) is 36.6. The molecule has 12 rings (SSSR count). The van der Waals surface area contributed by atoms with Gasteiger partial charge in [-0.3, -0.25) is 4.98 Å². The second-order valence-electron chi connectivity index (χ2n) is 16.9. The van der Waals surface area contributed by atoms with E-state index in [0.717, 1.165) is 28.8 Å². The maximum Gasteiger partial charge on any atom is 0.416 e. The van der Waals surface area contributed by atoms with E-state index in [-0.39, 0.29) is 0 Å². The quantitative estimate of drug-likeness (QED) is 0.149. The molecule has 0 aliphatic rings. The van der Waals surface area contributed by atoms with Crippen LogP contribution < -0.4 is 0 Å². The first kappa shape index (κ1) is 42.5. The number of aromatic nitrogens is 6. The minimum absolute atomic E-state index is 0.331. The van der Waals surface area contributed by atoms with Crippen LogP contribution in [0.2, 0.25) is 0 Å². The molecule has 0 aliphatic heterocycles. The third-order valence-corrected chi connectivity index (χ3v) is 12.7. The van der Waals surface area contributed by atoms with Crippen molar-refractivity contribution in [2.45, 2.75) is 12.4 Å². The summed E-state index contributed by atoms with van der Waals surface area (Å²) >= 11 is 0. The highest BCUT2D eigenvalue weighted by Gasteiger charge is 2.33. The van der Waals surface area contributed by atoms with E-state index in [1.54, 1.807) is 18.3 Å².